The van der Waals surface area contributed by atoms with Crippen molar-refractivity contribution < 1.29 is 0 Å². The van der Waals surface area contributed by atoms with Crippen LogP contribution in [0.5, 0.6) is 0 Å². The Morgan fingerprint density at radius 3 is 1.73 bits per heavy atom. The maximum absolute atomic E-state index is 2.51. The molecule has 1 rings (SSSR count). The molecule has 0 aliphatic heterocycles. The standard InChI is InChI=1S/C13H23Si2/c1-13(2,3)14(15(4,5)6)12-10-8-7-9-11-12/h7-11H,1-6H3. The van der Waals surface area contributed by atoms with Crippen LogP contribution < -0.4 is 5.19 Å². The Balaban J connectivity index is 3.15. The van der Waals surface area contributed by atoms with Gasteiger partial charge in [0.1, 0.15) is 0 Å². The van der Waals surface area contributed by atoms with Crippen LogP contribution in [0.15, 0.2) is 30.3 Å². The second-order valence-corrected chi connectivity index (χ2v) is 19.6. The summed E-state index contributed by atoms with van der Waals surface area (Å²) < 4.78 is 0. The van der Waals surface area contributed by atoms with Crippen LogP contribution in [0.1, 0.15) is 20.8 Å². The van der Waals surface area contributed by atoms with Crippen molar-refractivity contribution in [1.82, 2.24) is 0 Å². The first-order valence-electron chi connectivity index (χ1n) is 5.66. The average Bonchev–Trinajstić information content (AvgIpc) is 2.00. The minimum atomic E-state index is -1.06. The van der Waals surface area contributed by atoms with Gasteiger partial charge in [-0.15, -0.1) is 0 Å². The van der Waals surface area contributed by atoms with E-state index in [1.54, 1.807) is 5.19 Å². The van der Waals surface area contributed by atoms with E-state index in [-0.39, 0.29) is 0 Å². The van der Waals surface area contributed by atoms with Gasteiger partial charge in [-0.05, 0) is 5.04 Å². The second kappa shape index (κ2) is 4.26. The fourth-order valence-electron chi connectivity index (χ4n) is 2.60. The molecule has 1 aromatic rings. The molecule has 1 aromatic carbocycles. The largest absolute Gasteiger partial charge is 0.0825 e. The summed E-state index contributed by atoms with van der Waals surface area (Å²) in [6.45, 7) is 14.8. The lowest BCUT2D eigenvalue weighted by molar-refractivity contribution is 0.752. The van der Waals surface area contributed by atoms with Crippen LogP contribution in [0, 0.1) is 0 Å². The van der Waals surface area contributed by atoms with Crippen molar-refractivity contribution in [3.63, 3.8) is 0 Å². The molecule has 0 aromatic heterocycles. The van der Waals surface area contributed by atoms with Gasteiger partial charge < -0.3 is 0 Å². The molecule has 0 fully saturated rings. The molecule has 0 nitrogen and oxygen atoms in total. The highest BCUT2D eigenvalue weighted by Crippen LogP contribution is 2.32. The average molecular weight is 235 g/mol. The summed E-state index contributed by atoms with van der Waals surface area (Å²) in [5.41, 5.74) is 0. The van der Waals surface area contributed by atoms with Crippen LogP contribution in [0.2, 0.25) is 24.7 Å². The first kappa shape index (κ1) is 12.7. The van der Waals surface area contributed by atoms with E-state index in [9.17, 15) is 0 Å². The molecular formula is C13H23Si2. The Morgan fingerprint density at radius 1 is 0.933 bits per heavy atom. The molecule has 0 aliphatic carbocycles. The van der Waals surface area contributed by atoms with Crippen LogP contribution in [0.3, 0.4) is 0 Å². The molecule has 0 spiro atoms. The van der Waals surface area contributed by atoms with Gasteiger partial charge in [-0.25, -0.2) is 0 Å². The molecule has 0 heterocycles. The molecule has 0 atom stereocenters. The fraction of sp³-hybridized carbons (Fsp3) is 0.538. The minimum absolute atomic E-state index is 0.414. The number of benzene rings is 1. The molecule has 0 aliphatic rings. The molecule has 0 bridgehead atoms. The molecule has 1 radical (unpaired) electrons. The summed E-state index contributed by atoms with van der Waals surface area (Å²) in [7, 11) is -1.48. The molecule has 0 saturated heterocycles. The molecular weight excluding hydrogens is 212 g/mol. The van der Waals surface area contributed by atoms with Gasteiger partial charge in [0.25, 0.3) is 0 Å². The van der Waals surface area contributed by atoms with E-state index in [0.717, 1.165) is 0 Å². The van der Waals surface area contributed by atoms with Crippen LogP contribution in [-0.2, 0) is 0 Å². The quantitative estimate of drug-likeness (QED) is 0.687. The van der Waals surface area contributed by atoms with Gasteiger partial charge in [0.2, 0.25) is 0 Å². The van der Waals surface area contributed by atoms with Gasteiger partial charge in [-0.1, -0.05) is 75.9 Å². The summed E-state index contributed by atoms with van der Waals surface area (Å²) in [4.78, 5) is 0. The topological polar surface area (TPSA) is 0 Å². The van der Waals surface area contributed by atoms with Crippen molar-refractivity contribution >= 4 is 21.1 Å². The number of rotatable bonds is 2. The van der Waals surface area contributed by atoms with Crippen molar-refractivity contribution in [2.24, 2.45) is 0 Å². The van der Waals surface area contributed by atoms with E-state index in [1.165, 1.54) is 0 Å². The predicted molar refractivity (Wildman–Crippen MR) is 74.9 cm³/mol. The third kappa shape index (κ3) is 3.31. The summed E-state index contributed by atoms with van der Waals surface area (Å²) in [5.74, 6) is 0. The van der Waals surface area contributed by atoms with Gasteiger partial charge in [0.05, 0.1) is 8.31 Å². The van der Waals surface area contributed by atoms with Crippen LogP contribution in [0.4, 0.5) is 0 Å². The Morgan fingerprint density at radius 2 is 1.40 bits per heavy atom. The lowest BCUT2D eigenvalue weighted by atomic mass is 10.2. The van der Waals surface area contributed by atoms with Gasteiger partial charge >= 0.3 is 0 Å². The second-order valence-electron chi connectivity index (χ2n) is 6.24. The Kier molecular flexibility index (Phi) is 3.61. The normalized spacial score (nSPS) is 13.3. The van der Waals surface area contributed by atoms with Crippen LogP contribution in [0.25, 0.3) is 0 Å². The molecule has 0 unspecified atom stereocenters. The molecule has 2 heteroatoms. The summed E-state index contributed by atoms with van der Waals surface area (Å²) in [5, 5.41) is 2.09. The highest BCUT2D eigenvalue weighted by atomic mass is 29.2. The summed E-state index contributed by atoms with van der Waals surface area (Å²) >= 11 is 0. The molecule has 0 amide bonds. The Bertz CT molecular complexity index is 290. The fourth-order valence-corrected chi connectivity index (χ4v) is 17.0. The van der Waals surface area contributed by atoms with E-state index >= 15 is 0 Å². The zero-order valence-electron chi connectivity index (χ0n) is 10.9. The highest BCUT2D eigenvalue weighted by Gasteiger charge is 2.38. The molecule has 0 saturated carbocycles. The van der Waals surface area contributed by atoms with Crippen LogP contribution in [-0.4, -0.2) is 15.9 Å². The summed E-state index contributed by atoms with van der Waals surface area (Å²) in [6.07, 6.45) is 0. The third-order valence-electron chi connectivity index (χ3n) is 2.56. The van der Waals surface area contributed by atoms with Crippen molar-refractivity contribution in [2.45, 2.75) is 45.5 Å². The van der Waals surface area contributed by atoms with E-state index in [4.69, 9.17) is 0 Å². The first-order valence-corrected chi connectivity index (χ1v) is 11.7. The van der Waals surface area contributed by atoms with Crippen molar-refractivity contribution in [1.29, 1.82) is 0 Å². The van der Waals surface area contributed by atoms with Crippen molar-refractivity contribution in [3.8, 4) is 0 Å². The van der Waals surface area contributed by atoms with Gasteiger partial charge in [-0.2, -0.15) is 0 Å². The Labute approximate surface area is 97.1 Å². The molecule has 0 N–H and O–H groups in total. The zero-order chi connectivity index (χ0) is 11.7. The number of hydrogen-bond donors (Lipinski definition) is 0. The van der Waals surface area contributed by atoms with E-state index < -0.39 is 15.9 Å². The summed E-state index contributed by atoms with van der Waals surface area (Å²) in [6, 6.07) is 11.2. The smallest absolute Gasteiger partial charge is 0.0713 e. The number of hydrogen-bond acceptors (Lipinski definition) is 0. The first-order chi connectivity index (χ1) is 6.73. The Hall–Kier alpha value is -0.346. The monoisotopic (exact) mass is 235 g/mol. The lowest BCUT2D eigenvalue weighted by Gasteiger charge is -2.38. The van der Waals surface area contributed by atoms with Gasteiger partial charge in [0, 0.05) is 7.59 Å². The van der Waals surface area contributed by atoms with Crippen LogP contribution >= 0.6 is 0 Å². The molecule has 15 heavy (non-hydrogen) atoms. The van der Waals surface area contributed by atoms with E-state index in [2.05, 4.69) is 70.7 Å². The van der Waals surface area contributed by atoms with E-state index in [0.29, 0.717) is 5.04 Å². The minimum Gasteiger partial charge on any atom is -0.0713 e. The zero-order valence-corrected chi connectivity index (χ0v) is 12.9. The van der Waals surface area contributed by atoms with Crippen molar-refractivity contribution in [3.05, 3.63) is 30.3 Å². The maximum atomic E-state index is 2.51. The maximum Gasteiger partial charge on any atom is 0.0825 e. The SMILES string of the molecule is CC(C)(C)[Si](c1ccccc1)[Si](C)(C)C. The predicted octanol–water partition coefficient (Wildman–Crippen LogP) is 3.61. The third-order valence-corrected chi connectivity index (χ3v) is 14.1. The van der Waals surface area contributed by atoms with Crippen molar-refractivity contribution in [2.75, 3.05) is 0 Å². The highest BCUT2D eigenvalue weighted by molar-refractivity contribution is 7.37. The molecule has 83 valence electrons. The van der Waals surface area contributed by atoms with Gasteiger partial charge in [-0.3, -0.25) is 0 Å². The van der Waals surface area contributed by atoms with E-state index in [1.807, 2.05) is 0 Å². The lowest BCUT2D eigenvalue weighted by Crippen LogP contribution is -2.56. The van der Waals surface area contributed by atoms with Gasteiger partial charge in [0.15, 0.2) is 0 Å².